The fourth-order valence-electron chi connectivity index (χ4n) is 1.71. The molecule has 14 heavy (non-hydrogen) atoms. The SMILES string of the molecule is CNC(CC1CC1)c1ncccc1F. The van der Waals surface area contributed by atoms with Crippen molar-refractivity contribution in [1.82, 2.24) is 10.3 Å². The number of hydrogen-bond acceptors (Lipinski definition) is 2. The molecule has 2 nitrogen and oxygen atoms in total. The smallest absolute Gasteiger partial charge is 0.146 e. The lowest BCUT2D eigenvalue weighted by Crippen LogP contribution is -2.19. The lowest BCUT2D eigenvalue weighted by Gasteiger charge is -2.15. The van der Waals surface area contributed by atoms with Crippen molar-refractivity contribution < 1.29 is 4.39 Å². The maximum Gasteiger partial charge on any atom is 0.146 e. The minimum atomic E-state index is -0.201. The van der Waals surface area contributed by atoms with E-state index in [4.69, 9.17) is 0 Å². The van der Waals surface area contributed by atoms with Crippen LogP contribution in [0.15, 0.2) is 18.3 Å². The average molecular weight is 194 g/mol. The summed E-state index contributed by atoms with van der Waals surface area (Å²) in [6, 6.07) is 3.17. The standard InChI is InChI=1S/C11H15FN2/c1-13-10(7-8-4-5-8)11-9(12)3-2-6-14-11/h2-3,6,8,10,13H,4-5,7H2,1H3. The second-order valence-electron chi connectivity index (χ2n) is 3.89. The van der Waals surface area contributed by atoms with Crippen molar-refractivity contribution >= 4 is 0 Å². The molecule has 2 rings (SSSR count). The molecule has 0 bridgehead atoms. The average Bonchev–Trinajstić information content (AvgIpc) is 2.99. The molecule has 1 unspecified atom stereocenters. The molecule has 0 aromatic carbocycles. The van der Waals surface area contributed by atoms with Gasteiger partial charge in [0.05, 0.1) is 11.7 Å². The van der Waals surface area contributed by atoms with Gasteiger partial charge in [0.25, 0.3) is 0 Å². The van der Waals surface area contributed by atoms with Gasteiger partial charge in [-0.2, -0.15) is 0 Å². The van der Waals surface area contributed by atoms with Crippen LogP contribution < -0.4 is 5.32 Å². The van der Waals surface area contributed by atoms with Gasteiger partial charge >= 0.3 is 0 Å². The van der Waals surface area contributed by atoms with Gasteiger partial charge in [0.2, 0.25) is 0 Å². The Balaban J connectivity index is 2.12. The van der Waals surface area contributed by atoms with Crippen LogP contribution in [0.1, 0.15) is 31.0 Å². The summed E-state index contributed by atoms with van der Waals surface area (Å²) in [5.41, 5.74) is 0.557. The monoisotopic (exact) mass is 194 g/mol. The van der Waals surface area contributed by atoms with E-state index in [0.29, 0.717) is 5.69 Å². The zero-order chi connectivity index (χ0) is 9.97. The fraction of sp³-hybridized carbons (Fsp3) is 0.545. The third-order valence-electron chi connectivity index (χ3n) is 2.73. The highest BCUT2D eigenvalue weighted by Gasteiger charge is 2.27. The molecule has 0 saturated heterocycles. The Labute approximate surface area is 83.6 Å². The van der Waals surface area contributed by atoms with Crippen molar-refractivity contribution in [2.24, 2.45) is 5.92 Å². The van der Waals surface area contributed by atoms with Crippen LogP contribution in [-0.2, 0) is 0 Å². The summed E-state index contributed by atoms with van der Waals surface area (Å²) in [7, 11) is 1.86. The van der Waals surface area contributed by atoms with Gasteiger partial charge in [-0.25, -0.2) is 4.39 Å². The predicted octanol–water partition coefficient (Wildman–Crippen LogP) is 2.28. The molecule has 1 aromatic heterocycles. The summed E-state index contributed by atoms with van der Waals surface area (Å²) in [5, 5.41) is 3.13. The van der Waals surface area contributed by atoms with Gasteiger partial charge in [0.1, 0.15) is 5.82 Å². The van der Waals surface area contributed by atoms with Crippen LogP contribution in [0, 0.1) is 11.7 Å². The topological polar surface area (TPSA) is 24.9 Å². The van der Waals surface area contributed by atoms with Crippen molar-refractivity contribution in [3.05, 3.63) is 29.8 Å². The summed E-state index contributed by atoms with van der Waals surface area (Å²) in [5.74, 6) is 0.571. The van der Waals surface area contributed by atoms with Crippen LogP contribution >= 0.6 is 0 Å². The van der Waals surface area contributed by atoms with Gasteiger partial charge in [0, 0.05) is 6.20 Å². The van der Waals surface area contributed by atoms with E-state index in [1.807, 2.05) is 7.05 Å². The molecule has 1 heterocycles. The van der Waals surface area contributed by atoms with Gasteiger partial charge < -0.3 is 5.32 Å². The van der Waals surface area contributed by atoms with Crippen molar-refractivity contribution in [3.8, 4) is 0 Å². The van der Waals surface area contributed by atoms with Crippen molar-refractivity contribution in [2.45, 2.75) is 25.3 Å². The van der Waals surface area contributed by atoms with Crippen molar-refractivity contribution in [3.63, 3.8) is 0 Å². The molecule has 1 saturated carbocycles. The molecule has 0 spiro atoms. The molecule has 0 amide bonds. The second kappa shape index (κ2) is 4.05. The van der Waals surface area contributed by atoms with E-state index in [0.717, 1.165) is 12.3 Å². The first kappa shape index (κ1) is 9.59. The van der Waals surface area contributed by atoms with E-state index in [9.17, 15) is 4.39 Å². The molecule has 0 aliphatic heterocycles. The highest BCUT2D eigenvalue weighted by atomic mass is 19.1. The quantitative estimate of drug-likeness (QED) is 0.795. The van der Waals surface area contributed by atoms with Crippen LogP contribution in [0.3, 0.4) is 0 Å². The molecule has 1 aliphatic carbocycles. The normalized spacial score (nSPS) is 18.1. The Bertz CT molecular complexity index is 310. The lowest BCUT2D eigenvalue weighted by atomic mass is 10.1. The Morgan fingerprint density at radius 2 is 2.43 bits per heavy atom. The van der Waals surface area contributed by atoms with E-state index in [1.165, 1.54) is 18.9 Å². The zero-order valence-electron chi connectivity index (χ0n) is 8.33. The van der Waals surface area contributed by atoms with Crippen molar-refractivity contribution in [1.29, 1.82) is 0 Å². The number of nitrogens with zero attached hydrogens (tertiary/aromatic N) is 1. The van der Waals surface area contributed by atoms with E-state index >= 15 is 0 Å². The Hall–Kier alpha value is -0.960. The maximum absolute atomic E-state index is 13.4. The first-order chi connectivity index (χ1) is 6.81. The largest absolute Gasteiger partial charge is 0.312 e. The number of pyridine rings is 1. The number of nitrogens with one attached hydrogen (secondary N) is 1. The fourth-order valence-corrected chi connectivity index (χ4v) is 1.71. The van der Waals surface area contributed by atoms with Gasteiger partial charge in [-0.1, -0.05) is 12.8 Å². The Morgan fingerprint density at radius 3 is 3.00 bits per heavy atom. The molecule has 1 N–H and O–H groups in total. The first-order valence-corrected chi connectivity index (χ1v) is 5.09. The molecule has 1 aromatic rings. The van der Waals surface area contributed by atoms with Gasteiger partial charge in [-0.3, -0.25) is 4.98 Å². The number of halogens is 1. The summed E-state index contributed by atoms with van der Waals surface area (Å²) in [4.78, 5) is 4.09. The minimum Gasteiger partial charge on any atom is -0.312 e. The third-order valence-corrected chi connectivity index (χ3v) is 2.73. The van der Waals surface area contributed by atoms with E-state index in [-0.39, 0.29) is 11.9 Å². The first-order valence-electron chi connectivity index (χ1n) is 5.09. The van der Waals surface area contributed by atoms with E-state index in [1.54, 1.807) is 12.3 Å². The number of rotatable bonds is 4. The molecule has 3 heteroatoms. The second-order valence-corrected chi connectivity index (χ2v) is 3.89. The Morgan fingerprint density at radius 1 is 1.64 bits per heavy atom. The molecule has 1 fully saturated rings. The van der Waals surface area contributed by atoms with Crippen LogP contribution in [0.25, 0.3) is 0 Å². The Kier molecular flexibility index (Phi) is 2.77. The number of aromatic nitrogens is 1. The van der Waals surface area contributed by atoms with Crippen LogP contribution in [0.4, 0.5) is 4.39 Å². The zero-order valence-corrected chi connectivity index (χ0v) is 8.33. The minimum absolute atomic E-state index is 0.0729. The highest BCUT2D eigenvalue weighted by Crippen LogP contribution is 2.37. The molecule has 0 radical (unpaired) electrons. The molecule has 1 atom stereocenters. The summed E-state index contributed by atoms with van der Waals surface area (Å²) in [6.45, 7) is 0. The summed E-state index contributed by atoms with van der Waals surface area (Å²) in [6.07, 6.45) is 5.22. The van der Waals surface area contributed by atoms with Gasteiger partial charge in [-0.05, 0) is 31.5 Å². The van der Waals surface area contributed by atoms with Gasteiger partial charge in [0.15, 0.2) is 0 Å². The van der Waals surface area contributed by atoms with E-state index < -0.39 is 0 Å². The molecular weight excluding hydrogens is 179 g/mol. The van der Waals surface area contributed by atoms with Crippen molar-refractivity contribution in [2.75, 3.05) is 7.05 Å². The lowest BCUT2D eigenvalue weighted by molar-refractivity contribution is 0.471. The van der Waals surface area contributed by atoms with Crippen LogP contribution in [0.5, 0.6) is 0 Å². The number of hydrogen-bond donors (Lipinski definition) is 1. The summed E-state index contributed by atoms with van der Waals surface area (Å²) < 4.78 is 13.4. The molecule has 76 valence electrons. The van der Waals surface area contributed by atoms with Crippen LogP contribution in [0.2, 0.25) is 0 Å². The molecule has 1 aliphatic rings. The summed E-state index contributed by atoms with van der Waals surface area (Å²) >= 11 is 0. The predicted molar refractivity (Wildman–Crippen MR) is 53.3 cm³/mol. The third kappa shape index (κ3) is 2.10. The molecular formula is C11H15FN2. The van der Waals surface area contributed by atoms with Crippen LogP contribution in [-0.4, -0.2) is 12.0 Å². The van der Waals surface area contributed by atoms with E-state index in [2.05, 4.69) is 10.3 Å². The highest BCUT2D eigenvalue weighted by molar-refractivity contribution is 5.12. The maximum atomic E-state index is 13.4. The van der Waals surface area contributed by atoms with Gasteiger partial charge in [-0.15, -0.1) is 0 Å².